The van der Waals surface area contributed by atoms with Crippen LogP contribution >= 0.6 is 0 Å². The topological polar surface area (TPSA) is 95.6 Å². The second-order valence-corrected chi connectivity index (χ2v) is 10.2. The van der Waals surface area contributed by atoms with E-state index < -0.39 is 29.8 Å². The number of amides is 2. The molecule has 1 heterocycles. The normalized spacial score (nSPS) is 17.1. The first-order chi connectivity index (χ1) is 20.4. The molecule has 0 bridgehead atoms. The molecule has 222 valence electrons. The highest BCUT2D eigenvalue weighted by atomic mass is 19.1. The number of para-hydroxylation sites is 3. The molecule has 42 heavy (non-hydrogen) atoms. The lowest BCUT2D eigenvalue weighted by atomic mass is 9.94. The van der Waals surface area contributed by atoms with E-state index >= 15 is 4.39 Å². The number of rotatable bonds is 9. The number of benzene rings is 3. The number of hydrogen-bond donors (Lipinski definition) is 1. The number of methoxy groups -OCH3 is 3. The maximum atomic E-state index is 15.5. The Labute approximate surface area is 244 Å². The van der Waals surface area contributed by atoms with E-state index in [-0.39, 0.29) is 29.8 Å². The highest BCUT2D eigenvalue weighted by Crippen LogP contribution is 2.42. The molecule has 2 atom stereocenters. The molecule has 1 aliphatic heterocycles. The number of fused-ring (bicyclic) bond motifs is 1. The fraction of sp³-hybridized carbons (Fsp3) is 0.375. The molecule has 10 heteroatoms. The van der Waals surface area contributed by atoms with Gasteiger partial charge in [0.05, 0.1) is 27.0 Å². The third-order valence-electron chi connectivity index (χ3n) is 7.59. The van der Waals surface area contributed by atoms with Crippen molar-refractivity contribution < 1.29 is 37.7 Å². The van der Waals surface area contributed by atoms with Crippen LogP contribution in [0.25, 0.3) is 0 Å². The summed E-state index contributed by atoms with van der Waals surface area (Å²) in [6, 6.07) is 14.6. The van der Waals surface area contributed by atoms with Gasteiger partial charge in [-0.1, -0.05) is 43.5 Å². The minimum Gasteiger partial charge on any atom is -0.493 e. The van der Waals surface area contributed by atoms with Crippen molar-refractivity contribution in [3.8, 4) is 28.7 Å². The molecule has 0 spiro atoms. The smallest absolute Gasteiger partial charge is 0.272 e. The van der Waals surface area contributed by atoms with Crippen molar-refractivity contribution in [2.24, 2.45) is 0 Å². The summed E-state index contributed by atoms with van der Waals surface area (Å²) in [7, 11) is 4.39. The first-order valence-electron chi connectivity index (χ1n) is 14.0. The van der Waals surface area contributed by atoms with Gasteiger partial charge in [-0.05, 0) is 54.8 Å². The number of ether oxygens (including phenoxy) is 5. The molecule has 1 aliphatic carbocycles. The number of anilines is 1. The summed E-state index contributed by atoms with van der Waals surface area (Å²) in [5, 5.41) is 3.12. The first kappa shape index (κ1) is 29.0. The van der Waals surface area contributed by atoms with Crippen molar-refractivity contribution in [3.63, 3.8) is 0 Å². The van der Waals surface area contributed by atoms with Crippen molar-refractivity contribution in [2.45, 2.75) is 50.3 Å². The summed E-state index contributed by atoms with van der Waals surface area (Å²) >= 11 is 0. The largest absolute Gasteiger partial charge is 0.493 e. The Morgan fingerprint density at radius 2 is 1.55 bits per heavy atom. The zero-order chi connectivity index (χ0) is 29.6. The molecular weight excluding hydrogens is 543 g/mol. The average Bonchev–Trinajstić information content (AvgIpc) is 3.03. The predicted octanol–water partition coefficient (Wildman–Crippen LogP) is 5.21. The number of nitrogens with zero attached hydrogens (tertiary/aromatic N) is 1. The molecular formula is C32H35FN2O7. The van der Waals surface area contributed by atoms with E-state index in [0.717, 1.165) is 37.0 Å². The monoisotopic (exact) mass is 578 g/mol. The fourth-order valence-electron chi connectivity index (χ4n) is 5.53. The summed E-state index contributed by atoms with van der Waals surface area (Å²) in [5.74, 6) is -0.0202. The average molecular weight is 579 g/mol. The van der Waals surface area contributed by atoms with Gasteiger partial charge in [-0.2, -0.15) is 0 Å². The molecule has 2 aliphatic rings. The predicted molar refractivity (Wildman–Crippen MR) is 154 cm³/mol. The summed E-state index contributed by atoms with van der Waals surface area (Å²) in [6.45, 7) is -0.118. The van der Waals surface area contributed by atoms with Crippen LogP contribution in [0.3, 0.4) is 0 Å². The van der Waals surface area contributed by atoms with Crippen LogP contribution in [0.4, 0.5) is 10.1 Å². The van der Waals surface area contributed by atoms with Crippen molar-refractivity contribution in [1.82, 2.24) is 5.32 Å². The fourth-order valence-corrected chi connectivity index (χ4v) is 5.53. The van der Waals surface area contributed by atoms with E-state index in [2.05, 4.69) is 5.32 Å². The molecule has 1 fully saturated rings. The lowest BCUT2D eigenvalue weighted by Crippen LogP contribution is -2.53. The second-order valence-electron chi connectivity index (χ2n) is 10.2. The maximum absolute atomic E-state index is 15.5. The van der Waals surface area contributed by atoms with Gasteiger partial charge in [0.25, 0.3) is 5.91 Å². The van der Waals surface area contributed by atoms with Gasteiger partial charge in [0.15, 0.2) is 23.0 Å². The van der Waals surface area contributed by atoms with Crippen molar-refractivity contribution in [2.75, 3.05) is 32.8 Å². The van der Waals surface area contributed by atoms with Gasteiger partial charge in [-0.15, -0.1) is 0 Å². The third kappa shape index (κ3) is 5.93. The Balaban J connectivity index is 1.64. The Kier molecular flexibility index (Phi) is 9.00. The van der Waals surface area contributed by atoms with Crippen molar-refractivity contribution >= 4 is 17.5 Å². The summed E-state index contributed by atoms with van der Waals surface area (Å²) in [6.07, 6.45) is 3.56. The lowest BCUT2D eigenvalue weighted by Gasteiger charge is -2.36. The quantitative estimate of drug-likeness (QED) is 0.372. The van der Waals surface area contributed by atoms with Gasteiger partial charge >= 0.3 is 0 Å². The van der Waals surface area contributed by atoms with Gasteiger partial charge in [-0.25, -0.2) is 4.39 Å². The van der Waals surface area contributed by atoms with Gasteiger partial charge in [0.1, 0.15) is 18.5 Å². The van der Waals surface area contributed by atoms with Crippen LogP contribution < -0.4 is 33.9 Å². The van der Waals surface area contributed by atoms with Crippen LogP contribution in [0.2, 0.25) is 0 Å². The molecule has 0 saturated heterocycles. The molecule has 0 aromatic heterocycles. The number of halogens is 1. The van der Waals surface area contributed by atoms with Crippen LogP contribution in [0, 0.1) is 5.82 Å². The van der Waals surface area contributed by atoms with Crippen LogP contribution in [0.1, 0.15) is 43.7 Å². The van der Waals surface area contributed by atoms with E-state index in [1.54, 1.807) is 42.5 Å². The molecule has 3 aromatic carbocycles. The van der Waals surface area contributed by atoms with Crippen molar-refractivity contribution in [3.05, 3.63) is 72.0 Å². The highest BCUT2D eigenvalue weighted by molar-refractivity contribution is 6.04. The summed E-state index contributed by atoms with van der Waals surface area (Å²) in [4.78, 5) is 29.8. The molecule has 5 rings (SSSR count). The van der Waals surface area contributed by atoms with E-state index in [9.17, 15) is 9.59 Å². The second kappa shape index (κ2) is 13.0. The Morgan fingerprint density at radius 3 is 2.19 bits per heavy atom. The SMILES string of the molecule is COc1cc(C(C(=O)NC2CCCCC2)N(C(=O)C2COc3ccccc3O2)c2ccccc2F)cc(OC)c1OC. The molecule has 2 unspecified atom stereocenters. The molecule has 1 saturated carbocycles. The van der Waals surface area contributed by atoms with E-state index in [1.165, 1.54) is 39.5 Å². The number of hydrogen-bond acceptors (Lipinski definition) is 7. The van der Waals surface area contributed by atoms with Crippen LogP contribution in [-0.2, 0) is 9.59 Å². The van der Waals surface area contributed by atoms with E-state index in [1.807, 2.05) is 0 Å². The molecule has 3 aromatic rings. The molecule has 0 radical (unpaired) electrons. The van der Waals surface area contributed by atoms with Gasteiger partial charge in [-0.3, -0.25) is 14.5 Å². The molecule has 1 N–H and O–H groups in total. The zero-order valence-corrected chi connectivity index (χ0v) is 23.9. The minimum atomic E-state index is -1.31. The van der Waals surface area contributed by atoms with Crippen LogP contribution in [-0.4, -0.2) is 51.9 Å². The standard InChI is InChI=1S/C32H35FN2O7/c1-38-26-17-20(18-27(39-2)30(26)40-3)29(31(36)34-21-11-5-4-6-12-21)35(23-14-8-7-13-22(23)33)32(37)28-19-41-24-15-9-10-16-25(24)42-28/h7-10,13-18,21,28-29H,4-6,11-12,19H2,1-3H3,(H,34,36). The van der Waals surface area contributed by atoms with Crippen molar-refractivity contribution in [1.29, 1.82) is 0 Å². The summed E-state index contributed by atoms with van der Waals surface area (Å²) in [5.41, 5.74) is 0.258. The highest BCUT2D eigenvalue weighted by Gasteiger charge is 2.41. The van der Waals surface area contributed by atoms with Crippen LogP contribution in [0.5, 0.6) is 28.7 Å². The minimum absolute atomic E-state index is 0.0745. The first-order valence-corrected chi connectivity index (χ1v) is 14.0. The molecule has 2 amide bonds. The molecule has 9 nitrogen and oxygen atoms in total. The number of carbonyl (C=O) groups is 2. The number of nitrogens with one attached hydrogen (secondary N) is 1. The van der Waals surface area contributed by atoms with E-state index in [0.29, 0.717) is 22.8 Å². The number of carbonyl (C=O) groups excluding carboxylic acids is 2. The van der Waals surface area contributed by atoms with Gasteiger partial charge in [0.2, 0.25) is 17.8 Å². The van der Waals surface area contributed by atoms with Gasteiger partial charge in [0, 0.05) is 6.04 Å². The summed E-state index contributed by atoms with van der Waals surface area (Å²) < 4.78 is 44.0. The third-order valence-corrected chi connectivity index (χ3v) is 7.59. The Morgan fingerprint density at radius 1 is 0.905 bits per heavy atom. The van der Waals surface area contributed by atoms with Crippen LogP contribution in [0.15, 0.2) is 60.7 Å². The lowest BCUT2D eigenvalue weighted by molar-refractivity contribution is -0.132. The zero-order valence-electron chi connectivity index (χ0n) is 23.9. The maximum Gasteiger partial charge on any atom is 0.272 e. The van der Waals surface area contributed by atoms with E-state index in [4.69, 9.17) is 23.7 Å². The Hall–Kier alpha value is -4.47. The Bertz CT molecular complexity index is 1400. The van der Waals surface area contributed by atoms with Gasteiger partial charge < -0.3 is 29.0 Å².